The number of ether oxygens (including phenoxy) is 1. The molecule has 2 heterocycles. The van der Waals surface area contributed by atoms with Crippen LogP contribution in [0.5, 0.6) is 0 Å². The lowest BCUT2D eigenvalue weighted by Gasteiger charge is -2.07. The smallest absolute Gasteiger partial charge is 0.330 e. The second-order valence-electron chi connectivity index (χ2n) is 7.39. The van der Waals surface area contributed by atoms with E-state index in [4.69, 9.17) is 11.6 Å². The van der Waals surface area contributed by atoms with Gasteiger partial charge in [-0.1, -0.05) is 17.7 Å². The van der Waals surface area contributed by atoms with Crippen molar-refractivity contribution in [2.75, 3.05) is 13.7 Å². The molecule has 3 rings (SSSR count). The van der Waals surface area contributed by atoms with Gasteiger partial charge in [-0.15, -0.1) is 0 Å². The number of carbonyl (C=O) groups excluding carboxylic acids is 1. The van der Waals surface area contributed by atoms with Gasteiger partial charge in [-0.05, 0) is 72.9 Å². The van der Waals surface area contributed by atoms with Crippen molar-refractivity contribution in [3.63, 3.8) is 0 Å². The zero-order valence-electron chi connectivity index (χ0n) is 18.3. The van der Waals surface area contributed by atoms with Crippen molar-refractivity contribution in [1.82, 2.24) is 14.3 Å². The van der Waals surface area contributed by atoms with Crippen molar-refractivity contribution < 1.29 is 17.9 Å². The molecule has 0 saturated carbocycles. The standard InChI is InChI=1S/C24H26ClN3O4S/c1-32-24(29)11-8-22-16-20(18-28(22)15-3-5-19-4-2-13-26-17-19)12-14-27-33(30,31)23-9-6-21(25)7-10-23/h2,4,6-11,13,16-18,27H,3,5,12,14-15H2,1H3/b11-8+. The first-order chi connectivity index (χ1) is 15.9. The Morgan fingerprint density at radius 1 is 1.18 bits per heavy atom. The summed E-state index contributed by atoms with van der Waals surface area (Å²) < 4.78 is 34.3. The van der Waals surface area contributed by atoms with Crippen LogP contribution in [-0.2, 0) is 38.9 Å². The number of nitrogens with one attached hydrogen (secondary N) is 1. The summed E-state index contributed by atoms with van der Waals surface area (Å²) in [6.07, 6.45) is 10.9. The van der Waals surface area contributed by atoms with Crippen molar-refractivity contribution >= 4 is 33.7 Å². The summed E-state index contributed by atoms with van der Waals surface area (Å²) in [7, 11) is -2.29. The van der Waals surface area contributed by atoms with E-state index < -0.39 is 16.0 Å². The SMILES string of the molecule is COC(=O)/C=C/c1cc(CCNS(=O)(=O)c2ccc(Cl)cc2)cn1CCCc1cccnc1. The maximum absolute atomic E-state index is 12.5. The van der Waals surface area contributed by atoms with E-state index in [9.17, 15) is 13.2 Å². The number of pyridine rings is 1. The topological polar surface area (TPSA) is 90.3 Å². The van der Waals surface area contributed by atoms with Crippen LogP contribution in [0, 0.1) is 0 Å². The van der Waals surface area contributed by atoms with Gasteiger partial charge >= 0.3 is 5.97 Å². The van der Waals surface area contributed by atoms with Gasteiger partial charge in [-0.25, -0.2) is 17.9 Å². The highest BCUT2D eigenvalue weighted by Gasteiger charge is 2.13. The first kappa shape index (κ1) is 24.7. The van der Waals surface area contributed by atoms with E-state index in [1.54, 1.807) is 24.4 Å². The van der Waals surface area contributed by atoms with Gasteiger partial charge in [-0.3, -0.25) is 4.98 Å². The predicted molar refractivity (Wildman–Crippen MR) is 128 cm³/mol. The number of esters is 1. The molecule has 0 amide bonds. The number of sulfonamides is 1. The third-order valence-electron chi connectivity index (χ3n) is 4.99. The first-order valence-electron chi connectivity index (χ1n) is 10.5. The zero-order valence-corrected chi connectivity index (χ0v) is 19.8. The van der Waals surface area contributed by atoms with Gasteiger partial charge in [0.05, 0.1) is 12.0 Å². The number of methoxy groups -OCH3 is 1. The normalized spacial score (nSPS) is 11.7. The summed E-state index contributed by atoms with van der Waals surface area (Å²) in [5, 5.41) is 0.478. The second-order valence-corrected chi connectivity index (χ2v) is 9.59. The summed E-state index contributed by atoms with van der Waals surface area (Å²) in [5.41, 5.74) is 2.97. The van der Waals surface area contributed by atoms with Crippen molar-refractivity contribution in [1.29, 1.82) is 0 Å². The van der Waals surface area contributed by atoms with E-state index in [1.807, 2.05) is 30.6 Å². The third kappa shape index (κ3) is 7.56. The van der Waals surface area contributed by atoms with E-state index in [0.29, 0.717) is 11.4 Å². The van der Waals surface area contributed by atoms with Crippen LogP contribution < -0.4 is 4.72 Å². The lowest BCUT2D eigenvalue weighted by Crippen LogP contribution is -2.25. The maximum Gasteiger partial charge on any atom is 0.330 e. The Morgan fingerprint density at radius 3 is 2.67 bits per heavy atom. The van der Waals surface area contributed by atoms with Crippen LogP contribution in [0.2, 0.25) is 5.02 Å². The monoisotopic (exact) mass is 487 g/mol. The van der Waals surface area contributed by atoms with Crippen LogP contribution in [0.25, 0.3) is 6.08 Å². The maximum atomic E-state index is 12.5. The molecule has 9 heteroatoms. The molecule has 0 saturated heterocycles. The molecule has 0 atom stereocenters. The number of carbonyl (C=O) groups is 1. The fourth-order valence-electron chi connectivity index (χ4n) is 3.31. The van der Waals surface area contributed by atoms with Gasteiger partial charge < -0.3 is 9.30 Å². The number of rotatable bonds is 11. The van der Waals surface area contributed by atoms with Gasteiger partial charge in [0.1, 0.15) is 0 Å². The molecule has 0 aliphatic rings. The van der Waals surface area contributed by atoms with Crippen molar-refractivity contribution in [2.45, 2.75) is 30.7 Å². The van der Waals surface area contributed by atoms with Crippen LogP contribution in [0.4, 0.5) is 0 Å². The quantitative estimate of drug-likeness (QED) is 0.327. The molecule has 0 fully saturated rings. The highest BCUT2D eigenvalue weighted by molar-refractivity contribution is 7.89. The Morgan fingerprint density at radius 2 is 1.97 bits per heavy atom. The minimum Gasteiger partial charge on any atom is -0.466 e. The Hall–Kier alpha value is -2.94. The lowest BCUT2D eigenvalue weighted by molar-refractivity contribution is -0.134. The van der Waals surface area contributed by atoms with Gasteiger partial charge in [0.2, 0.25) is 10.0 Å². The van der Waals surface area contributed by atoms with Gasteiger partial charge in [0.25, 0.3) is 0 Å². The fourth-order valence-corrected chi connectivity index (χ4v) is 4.46. The van der Waals surface area contributed by atoms with Gasteiger partial charge in [0, 0.05) is 48.5 Å². The Labute approximate surface area is 199 Å². The van der Waals surface area contributed by atoms with E-state index in [2.05, 4.69) is 19.0 Å². The molecule has 0 unspecified atom stereocenters. The first-order valence-corrected chi connectivity index (χ1v) is 12.3. The molecule has 33 heavy (non-hydrogen) atoms. The molecular formula is C24H26ClN3O4S. The van der Waals surface area contributed by atoms with E-state index in [1.165, 1.54) is 25.3 Å². The Kier molecular flexibility index (Phi) is 8.82. The van der Waals surface area contributed by atoms with Crippen LogP contribution in [0.1, 0.15) is 23.2 Å². The Bertz CT molecular complexity index is 1190. The minimum atomic E-state index is -3.62. The van der Waals surface area contributed by atoms with E-state index in [0.717, 1.165) is 36.2 Å². The number of nitrogens with zero attached hydrogens (tertiary/aromatic N) is 2. The van der Waals surface area contributed by atoms with Gasteiger partial charge in [-0.2, -0.15) is 0 Å². The zero-order chi connectivity index (χ0) is 23.7. The van der Waals surface area contributed by atoms with Crippen molar-refractivity contribution in [3.8, 4) is 0 Å². The molecule has 7 nitrogen and oxygen atoms in total. The largest absolute Gasteiger partial charge is 0.466 e. The van der Waals surface area contributed by atoms with Crippen LogP contribution in [0.15, 0.2) is 72.0 Å². The summed E-state index contributed by atoms with van der Waals surface area (Å²) in [6, 6.07) is 11.9. The minimum absolute atomic E-state index is 0.168. The summed E-state index contributed by atoms with van der Waals surface area (Å²) in [6.45, 7) is 0.983. The number of hydrogen-bond donors (Lipinski definition) is 1. The van der Waals surface area contributed by atoms with Crippen molar-refractivity contribution in [2.24, 2.45) is 0 Å². The predicted octanol–water partition coefficient (Wildman–Crippen LogP) is 3.88. The molecule has 0 spiro atoms. The fraction of sp³-hybridized carbons (Fsp3) is 0.250. The van der Waals surface area contributed by atoms with Crippen LogP contribution in [0.3, 0.4) is 0 Å². The highest BCUT2D eigenvalue weighted by Crippen LogP contribution is 2.16. The summed E-state index contributed by atoms with van der Waals surface area (Å²) >= 11 is 5.83. The number of hydrogen-bond acceptors (Lipinski definition) is 5. The average Bonchev–Trinajstić information content (AvgIpc) is 3.20. The molecule has 1 N–H and O–H groups in total. The number of benzene rings is 1. The number of halogens is 1. The molecule has 2 aromatic heterocycles. The molecule has 3 aromatic rings. The van der Waals surface area contributed by atoms with Gasteiger partial charge in [0.15, 0.2) is 0 Å². The van der Waals surface area contributed by atoms with Crippen LogP contribution in [-0.4, -0.2) is 37.6 Å². The average molecular weight is 488 g/mol. The number of aryl methyl sites for hydroxylation is 2. The Balaban J connectivity index is 1.64. The van der Waals surface area contributed by atoms with Crippen LogP contribution >= 0.6 is 11.6 Å². The lowest BCUT2D eigenvalue weighted by atomic mass is 10.1. The van der Waals surface area contributed by atoms with E-state index in [-0.39, 0.29) is 11.4 Å². The molecule has 1 aromatic carbocycles. The second kappa shape index (κ2) is 11.8. The molecule has 174 valence electrons. The third-order valence-corrected chi connectivity index (χ3v) is 6.72. The summed E-state index contributed by atoms with van der Waals surface area (Å²) in [5.74, 6) is -0.435. The number of aromatic nitrogens is 2. The molecule has 0 aliphatic heterocycles. The highest BCUT2D eigenvalue weighted by atomic mass is 35.5. The van der Waals surface area contributed by atoms with E-state index >= 15 is 0 Å². The molecule has 0 aliphatic carbocycles. The van der Waals surface area contributed by atoms with Crippen molar-refractivity contribution in [3.05, 3.63) is 89.0 Å². The molecule has 0 radical (unpaired) electrons. The molecule has 0 bridgehead atoms. The summed E-state index contributed by atoms with van der Waals surface area (Å²) in [4.78, 5) is 15.8. The molecular weight excluding hydrogens is 462 g/mol.